The van der Waals surface area contributed by atoms with Gasteiger partial charge in [0.15, 0.2) is 12.4 Å². The fraction of sp³-hybridized carbons (Fsp3) is 0.848. The number of aliphatic hydroxyl groups excluding tert-OH is 5. The van der Waals surface area contributed by atoms with Crippen molar-refractivity contribution in [2.45, 2.75) is 346 Å². The first-order valence-corrected chi connectivity index (χ1v) is 32.4. The smallest absolute Gasteiger partial charge is 0.306 e. The minimum absolute atomic E-state index is 0.119. The van der Waals surface area contributed by atoms with Crippen LogP contribution in [0.15, 0.2) is 48.6 Å². The van der Waals surface area contributed by atoms with Crippen LogP contribution in [-0.2, 0) is 23.8 Å². The summed E-state index contributed by atoms with van der Waals surface area (Å²) in [5.74, 6) is -1.19. The van der Waals surface area contributed by atoms with Crippen molar-refractivity contribution >= 4 is 11.9 Å². The number of nitrogens with one attached hydrogen (secondary N) is 1. The molecular weight excluding hydrogens is 967 g/mol. The number of unbranched alkanes of at least 4 members (excludes halogenated alkanes) is 35. The summed E-state index contributed by atoms with van der Waals surface area (Å²) in [6, 6.07) is -1.02. The van der Waals surface area contributed by atoms with Crippen LogP contribution in [0.4, 0.5) is 0 Å². The standard InChI is InChI=1S/C66H121NO10/c1-4-7-10-13-16-19-22-24-26-28-30-32-34-36-39-42-45-48-51-54-61(71)77-64-63(73)62(72)60(55-68)76-66(64)75-56-57(58(69)52-49-46-43-40-37-21-18-15-12-9-6-3)67-65(74)59(70)53-50-47-44-41-38-35-33-31-29-27-25-23-20-17-14-11-8-5-2/h16,19,24-27,49,52,57-60,62-64,66,68-70,72-73H,4-15,17-18,20-23,28-48,50-51,53-56H2,1-3H3,(H,67,74)/b19-16-,26-24-,27-25+,52-49+. The average Bonchev–Trinajstić information content (AvgIpc) is 3.43. The average molecular weight is 1090 g/mol. The van der Waals surface area contributed by atoms with Gasteiger partial charge < -0.3 is 45.1 Å². The molecular formula is C66H121NO10. The second-order valence-electron chi connectivity index (χ2n) is 22.5. The molecule has 0 radical (unpaired) electrons. The van der Waals surface area contributed by atoms with Crippen molar-refractivity contribution in [1.82, 2.24) is 5.32 Å². The van der Waals surface area contributed by atoms with Crippen LogP contribution in [-0.4, -0.2) is 99.6 Å². The summed E-state index contributed by atoms with van der Waals surface area (Å²) in [4.78, 5) is 26.6. The normalized spacial score (nSPS) is 19.3. The van der Waals surface area contributed by atoms with Crippen LogP contribution in [0.2, 0.25) is 0 Å². The molecule has 8 atom stereocenters. The number of carbonyl (C=O) groups excluding carboxylic acids is 2. The Morgan fingerprint density at radius 2 is 0.896 bits per heavy atom. The van der Waals surface area contributed by atoms with Gasteiger partial charge in [0, 0.05) is 6.42 Å². The predicted octanol–water partition coefficient (Wildman–Crippen LogP) is 15.6. The molecule has 1 aliphatic rings. The molecule has 0 aromatic heterocycles. The minimum Gasteiger partial charge on any atom is -0.454 e. The summed E-state index contributed by atoms with van der Waals surface area (Å²) in [5, 5.41) is 57.0. The van der Waals surface area contributed by atoms with Crippen molar-refractivity contribution in [1.29, 1.82) is 0 Å². The number of rotatable bonds is 55. The summed E-state index contributed by atoms with van der Waals surface area (Å²) >= 11 is 0. The van der Waals surface area contributed by atoms with Crippen molar-refractivity contribution in [3.05, 3.63) is 48.6 Å². The summed E-state index contributed by atoms with van der Waals surface area (Å²) < 4.78 is 17.6. The maximum absolute atomic E-state index is 13.4. The van der Waals surface area contributed by atoms with E-state index in [4.69, 9.17) is 14.2 Å². The van der Waals surface area contributed by atoms with E-state index >= 15 is 0 Å². The first-order valence-electron chi connectivity index (χ1n) is 32.4. The van der Waals surface area contributed by atoms with Gasteiger partial charge in [0.05, 0.1) is 25.4 Å². The van der Waals surface area contributed by atoms with Gasteiger partial charge in [0.1, 0.15) is 24.4 Å². The minimum atomic E-state index is -1.61. The van der Waals surface area contributed by atoms with E-state index in [0.717, 1.165) is 77.0 Å². The molecule has 1 saturated heterocycles. The molecule has 1 fully saturated rings. The SMILES string of the molecule is CCCCC/C=C\C/C=C\CCCCCCCCCCCC(=O)OC1C(OCC(NC(=O)C(O)CCCCCCCCCC/C=C/CCCCCCCC)C(O)/C=C/CCCCCCCCCCC)OC(CO)C(O)C1O. The highest BCUT2D eigenvalue weighted by atomic mass is 16.7. The monoisotopic (exact) mass is 1090 g/mol. The molecule has 1 amide bonds. The van der Waals surface area contributed by atoms with Gasteiger partial charge in [-0.1, -0.05) is 256 Å². The molecule has 1 aliphatic heterocycles. The summed E-state index contributed by atoms with van der Waals surface area (Å²) in [6.07, 6.45) is 55.7. The van der Waals surface area contributed by atoms with Crippen LogP contribution in [0.5, 0.6) is 0 Å². The summed E-state index contributed by atoms with van der Waals surface area (Å²) in [7, 11) is 0. The first-order chi connectivity index (χ1) is 37.7. The van der Waals surface area contributed by atoms with Gasteiger partial charge in [-0.25, -0.2) is 0 Å². The number of esters is 1. The highest BCUT2D eigenvalue weighted by molar-refractivity contribution is 5.80. The fourth-order valence-electron chi connectivity index (χ4n) is 10.0. The van der Waals surface area contributed by atoms with E-state index in [9.17, 15) is 35.1 Å². The van der Waals surface area contributed by atoms with Crippen LogP contribution in [0.3, 0.4) is 0 Å². The van der Waals surface area contributed by atoms with E-state index in [0.29, 0.717) is 12.8 Å². The largest absolute Gasteiger partial charge is 0.454 e. The zero-order valence-electron chi connectivity index (χ0n) is 49.8. The molecule has 0 saturated carbocycles. The summed E-state index contributed by atoms with van der Waals surface area (Å²) in [6.45, 7) is 5.77. The van der Waals surface area contributed by atoms with Crippen molar-refractivity contribution in [3.8, 4) is 0 Å². The quantitative estimate of drug-likeness (QED) is 0.0195. The highest BCUT2D eigenvalue weighted by Gasteiger charge is 2.47. The number of carbonyl (C=O) groups is 2. The molecule has 0 aromatic carbocycles. The number of allylic oxidation sites excluding steroid dienone is 7. The Balaban J connectivity index is 2.63. The van der Waals surface area contributed by atoms with Gasteiger partial charge in [-0.05, 0) is 83.5 Å². The predicted molar refractivity (Wildman–Crippen MR) is 320 cm³/mol. The Morgan fingerprint density at radius 3 is 1.36 bits per heavy atom. The van der Waals surface area contributed by atoms with Crippen LogP contribution in [0.25, 0.3) is 0 Å². The zero-order valence-corrected chi connectivity index (χ0v) is 49.8. The molecule has 0 aromatic rings. The lowest BCUT2D eigenvalue weighted by Gasteiger charge is -2.41. The van der Waals surface area contributed by atoms with E-state index in [1.54, 1.807) is 6.08 Å². The molecule has 450 valence electrons. The third-order valence-electron chi connectivity index (χ3n) is 15.2. The van der Waals surface area contributed by atoms with E-state index in [1.165, 1.54) is 173 Å². The molecule has 1 heterocycles. The van der Waals surface area contributed by atoms with Crippen molar-refractivity contribution < 1.29 is 49.3 Å². The van der Waals surface area contributed by atoms with Crippen LogP contribution >= 0.6 is 0 Å². The van der Waals surface area contributed by atoms with Gasteiger partial charge in [-0.15, -0.1) is 0 Å². The maximum Gasteiger partial charge on any atom is 0.306 e. The highest BCUT2D eigenvalue weighted by Crippen LogP contribution is 2.26. The molecule has 6 N–H and O–H groups in total. The fourth-order valence-corrected chi connectivity index (χ4v) is 10.0. The van der Waals surface area contributed by atoms with Gasteiger partial charge in [-0.2, -0.15) is 0 Å². The third kappa shape index (κ3) is 42.2. The van der Waals surface area contributed by atoms with Crippen LogP contribution in [0.1, 0.15) is 297 Å². The van der Waals surface area contributed by atoms with E-state index in [1.807, 2.05) is 6.08 Å². The third-order valence-corrected chi connectivity index (χ3v) is 15.2. The van der Waals surface area contributed by atoms with Gasteiger partial charge in [0.2, 0.25) is 5.91 Å². The van der Waals surface area contributed by atoms with Gasteiger partial charge in [0.25, 0.3) is 0 Å². The number of hydrogen-bond donors (Lipinski definition) is 6. The second-order valence-corrected chi connectivity index (χ2v) is 22.5. The van der Waals surface area contributed by atoms with E-state index < -0.39 is 67.4 Å². The lowest BCUT2D eigenvalue weighted by atomic mass is 9.99. The van der Waals surface area contributed by atoms with Gasteiger partial charge in [-0.3, -0.25) is 9.59 Å². The first kappa shape index (κ1) is 72.6. The second kappa shape index (κ2) is 54.2. The molecule has 11 heteroatoms. The molecule has 0 spiro atoms. The van der Waals surface area contributed by atoms with Crippen molar-refractivity contribution in [2.24, 2.45) is 0 Å². The lowest BCUT2D eigenvalue weighted by molar-refractivity contribution is -0.305. The van der Waals surface area contributed by atoms with E-state index in [-0.39, 0.29) is 19.4 Å². The van der Waals surface area contributed by atoms with Crippen molar-refractivity contribution in [3.63, 3.8) is 0 Å². The Labute approximate surface area is 472 Å². The van der Waals surface area contributed by atoms with Crippen LogP contribution < -0.4 is 5.32 Å². The van der Waals surface area contributed by atoms with Gasteiger partial charge >= 0.3 is 5.97 Å². The maximum atomic E-state index is 13.4. The Kier molecular flexibility index (Phi) is 51.1. The van der Waals surface area contributed by atoms with E-state index in [2.05, 4.69) is 62.5 Å². The molecule has 8 unspecified atom stereocenters. The molecule has 0 bridgehead atoms. The Morgan fingerprint density at radius 1 is 0.506 bits per heavy atom. The Hall–Kier alpha value is -2.38. The number of ether oxygens (including phenoxy) is 3. The molecule has 0 aliphatic carbocycles. The van der Waals surface area contributed by atoms with Crippen LogP contribution in [0, 0.1) is 0 Å². The number of amides is 1. The number of aliphatic hydroxyl groups is 5. The lowest BCUT2D eigenvalue weighted by Crippen LogP contribution is -2.61. The summed E-state index contributed by atoms with van der Waals surface area (Å²) in [5.41, 5.74) is 0. The Bertz CT molecular complexity index is 1440. The molecule has 11 nitrogen and oxygen atoms in total. The zero-order chi connectivity index (χ0) is 56.1. The van der Waals surface area contributed by atoms with Crippen molar-refractivity contribution in [2.75, 3.05) is 13.2 Å². The topological polar surface area (TPSA) is 175 Å². The molecule has 1 rings (SSSR count). The molecule has 77 heavy (non-hydrogen) atoms. The number of hydrogen-bond acceptors (Lipinski definition) is 10.